The Kier molecular flexibility index (Phi) is 6.39. The topological polar surface area (TPSA) is 18.5 Å². The van der Waals surface area contributed by atoms with E-state index in [-0.39, 0.29) is 12.4 Å². The zero-order valence-corrected chi connectivity index (χ0v) is 13.1. The minimum Gasteiger partial charge on any atom is -0.317 e. The minimum absolute atomic E-state index is 0. The molecule has 108 valence electrons. The Labute approximate surface area is 119 Å². The Morgan fingerprint density at radius 3 is 2.17 bits per heavy atom. The SMILES string of the molecule is CN(CC1CCNCC1)CC1(N(C)C)CCC1.Cl. The summed E-state index contributed by atoms with van der Waals surface area (Å²) in [6.45, 7) is 4.98. The van der Waals surface area contributed by atoms with Crippen LogP contribution < -0.4 is 5.32 Å². The third-order valence-electron chi connectivity index (χ3n) is 4.83. The van der Waals surface area contributed by atoms with E-state index < -0.39 is 0 Å². The van der Waals surface area contributed by atoms with Gasteiger partial charge in [-0.25, -0.2) is 0 Å². The molecule has 0 aromatic heterocycles. The van der Waals surface area contributed by atoms with Crippen LogP contribution in [0.2, 0.25) is 0 Å². The van der Waals surface area contributed by atoms with Crippen LogP contribution >= 0.6 is 12.4 Å². The Hall–Kier alpha value is 0.170. The van der Waals surface area contributed by atoms with E-state index in [1.165, 1.54) is 58.3 Å². The van der Waals surface area contributed by atoms with Gasteiger partial charge in [-0.05, 0) is 72.3 Å². The fourth-order valence-corrected chi connectivity index (χ4v) is 3.40. The van der Waals surface area contributed by atoms with Crippen LogP contribution in [0.15, 0.2) is 0 Å². The predicted molar refractivity (Wildman–Crippen MR) is 80.6 cm³/mol. The molecule has 1 aliphatic heterocycles. The van der Waals surface area contributed by atoms with E-state index in [4.69, 9.17) is 0 Å². The summed E-state index contributed by atoms with van der Waals surface area (Å²) >= 11 is 0. The number of hydrogen-bond acceptors (Lipinski definition) is 3. The molecule has 2 fully saturated rings. The number of hydrogen-bond donors (Lipinski definition) is 1. The Bertz CT molecular complexity index is 235. The molecule has 2 rings (SSSR count). The van der Waals surface area contributed by atoms with Crippen LogP contribution in [0.25, 0.3) is 0 Å². The molecule has 0 aromatic carbocycles. The van der Waals surface area contributed by atoms with E-state index in [1.54, 1.807) is 0 Å². The van der Waals surface area contributed by atoms with Gasteiger partial charge in [-0.15, -0.1) is 12.4 Å². The molecule has 1 aliphatic carbocycles. The maximum absolute atomic E-state index is 3.45. The van der Waals surface area contributed by atoms with E-state index in [2.05, 4.69) is 36.3 Å². The second-order valence-corrected chi connectivity index (χ2v) is 6.36. The van der Waals surface area contributed by atoms with Crippen molar-refractivity contribution in [3.8, 4) is 0 Å². The summed E-state index contributed by atoms with van der Waals surface area (Å²) in [5.41, 5.74) is 0.488. The maximum Gasteiger partial charge on any atom is 0.0330 e. The van der Waals surface area contributed by atoms with Crippen LogP contribution in [0.4, 0.5) is 0 Å². The van der Waals surface area contributed by atoms with Crippen LogP contribution in [0.3, 0.4) is 0 Å². The Morgan fingerprint density at radius 1 is 1.11 bits per heavy atom. The number of likely N-dealkylation sites (N-methyl/N-ethyl adjacent to an activating group) is 2. The molecule has 0 radical (unpaired) electrons. The zero-order chi connectivity index (χ0) is 12.3. The highest BCUT2D eigenvalue weighted by molar-refractivity contribution is 5.85. The minimum atomic E-state index is 0. The van der Waals surface area contributed by atoms with E-state index >= 15 is 0 Å². The molecule has 1 saturated carbocycles. The van der Waals surface area contributed by atoms with Crippen LogP contribution in [-0.2, 0) is 0 Å². The van der Waals surface area contributed by atoms with Crippen molar-refractivity contribution in [2.45, 2.75) is 37.6 Å². The van der Waals surface area contributed by atoms with Gasteiger partial charge in [0.1, 0.15) is 0 Å². The lowest BCUT2D eigenvalue weighted by molar-refractivity contribution is 0.0228. The van der Waals surface area contributed by atoms with Crippen molar-refractivity contribution < 1.29 is 0 Å². The first kappa shape index (κ1) is 16.2. The standard InChI is InChI=1S/C14H29N3.ClH/c1-16(2)14(7-4-8-14)12-17(3)11-13-5-9-15-10-6-13;/h13,15H,4-12H2,1-3H3;1H. The highest BCUT2D eigenvalue weighted by atomic mass is 35.5. The number of piperidine rings is 1. The second kappa shape index (κ2) is 7.09. The first-order valence-corrected chi connectivity index (χ1v) is 7.19. The van der Waals surface area contributed by atoms with Crippen molar-refractivity contribution >= 4 is 12.4 Å². The normalized spacial score (nSPS) is 23.8. The summed E-state index contributed by atoms with van der Waals surface area (Å²) in [6, 6.07) is 0. The summed E-state index contributed by atoms with van der Waals surface area (Å²) in [6.07, 6.45) is 6.91. The van der Waals surface area contributed by atoms with E-state index in [1.807, 2.05) is 0 Å². The van der Waals surface area contributed by atoms with Gasteiger partial charge in [0.2, 0.25) is 0 Å². The molecule has 1 heterocycles. The van der Waals surface area contributed by atoms with Crippen LogP contribution in [0.5, 0.6) is 0 Å². The zero-order valence-electron chi connectivity index (χ0n) is 12.2. The van der Waals surface area contributed by atoms with Gasteiger partial charge in [0.15, 0.2) is 0 Å². The number of halogens is 1. The molecular weight excluding hydrogens is 246 g/mol. The summed E-state index contributed by atoms with van der Waals surface area (Å²) in [5.74, 6) is 0.917. The number of nitrogens with one attached hydrogen (secondary N) is 1. The van der Waals surface area contributed by atoms with Crippen molar-refractivity contribution in [1.82, 2.24) is 15.1 Å². The van der Waals surface area contributed by atoms with E-state index in [0.29, 0.717) is 5.54 Å². The van der Waals surface area contributed by atoms with Gasteiger partial charge in [0.05, 0.1) is 0 Å². The van der Waals surface area contributed by atoms with Crippen molar-refractivity contribution in [2.24, 2.45) is 5.92 Å². The Balaban J connectivity index is 0.00000162. The molecule has 0 unspecified atom stereocenters. The molecule has 18 heavy (non-hydrogen) atoms. The van der Waals surface area contributed by atoms with Crippen molar-refractivity contribution in [1.29, 1.82) is 0 Å². The third-order valence-corrected chi connectivity index (χ3v) is 4.83. The molecule has 2 aliphatic rings. The molecule has 0 bridgehead atoms. The molecule has 3 nitrogen and oxygen atoms in total. The lowest BCUT2D eigenvalue weighted by Gasteiger charge is -2.49. The lowest BCUT2D eigenvalue weighted by atomic mass is 9.75. The molecule has 0 atom stereocenters. The average Bonchev–Trinajstić information content (AvgIpc) is 2.24. The quantitative estimate of drug-likeness (QED) is 0.826. The highest BCUT2D eigenvalue weighted by Crippen LogP contribution is 2.36. The van der Waals surface area contributed by atoms with Crippen LogP contribution in [0.1, 0.15) is 32.1 Å². The molecule has 1 saturated heterocycles. The maximum atomic E-state index is 3.45. The largest absolute Gasteiger partial charge is 0.317 e. The van der Waals surface area contributed by atoms with Gasteiger partial charge in [-0.2, -0.15) is 0 Å². The van der Waals surface area contributed by atoms with E-state index in [9.17, 15) is 0 Å². The van der Waals surface area contributed by atoms with Gasteiger partial charge >= 0.3 is 0 Å². The third kappa shape index (κ3) is 3.83. The fourth-order valence-electron chi connectivity index (χ4n) is 3.40. The smallest absolute Gasteiger partial charge is 0.0330 e. The highest BCUT2D eigenvalue weighted by Gasteiger charge is 2.39. The summed E-state index contributed by atoms with van der Waals surface area (Å²) in [7, 11) is 6.81. The van der Waals surface area contributed by atoms with Gasteiger partial charge in [-0.1, -0.05) is 0 Å². The first-order chi connectivity index (χ1) is 8.12. The fraction of sp³-hybridized carbons (Fsp3) is 1.00. The van der Waals surface area contributed by atoms with Crippen LogP contribution in [-0.4, -0.2) is 62.7 Å². The van der Waals surface area contributed by atoms with E-state index in [0.717, 1.165) is 5.92 Å². The molecule has 1 N–H and O–H groups in total. The molecule has 4 heteroatoms. The molecule has 0 amide bonds. The van der Waals surface area contributed by atoms with Gasteiger partial charge in [-0.3, -0.25) is 0 Å². The summed E-state index contributed by atoms with van der Waals surface area (Å²) in [5, 5.41) is 3.45. The van der Waals surface area contributed by atoms with Gasteiger partial charge in [0, 0.05) is 18.6 Å². The summed E-state index contributed by atoms with van der Waals surface area (Å²) < 4.78 is 0. The van der Waals surface area contributed by atoms with Crippen molar-refractivity contribution in [3.05, 3.63) is 0 Å². The predicted octanol–water partition coefficient (Wildman–Crippen LogP) is 1.82. The first-order valence-electron chi connectivity index (χ1n) is 7.19. The molecule has 0 spiro atoms. The van der Waals surface area contributed by atoms with Gasteiger partial charge in [0.25, 0.3) is 0 Å². The Morgan fingerprint density at radius 2 is 1.72 bits per heavy atom. The second-order valence-electron chi connectivity index (χ2n) is 6.36. The summed E-state index contributed by atoms with van der Waals surface area (Å²) in [4.78, 5) is 5.03. The average molecular weight is 276 g/mol. The lowest BCUT2D eigenvalue weighted by Crippen LogP contribution is -2.57. The number of rotatable bonds is 5. The van der Waals surface area contributed by atoms with Crippen LogP contribution in [0, 0.1) is 5.92 Å². The molecule has 0 aromatic rings. The monoisotopic (exact) mass is 275 g/mol. The number of nitrogens with zero attached hydrogens (tertiary/aromatic N) is 2. The van der Waals surface area contributed by atoms with Gasteiger partial charge < -0.3 is 15.1 Å². The van der Waals surface area contributed by atoms with Crippen molar-refractivity contribution in [2.75, 3.05) is 47.3 Å². The molecular formula is C14H30ClN3. The van der Waals surface area contributed by atoms with Crippen molar-refractivity contribution in [3.63, 3.8) is 0 Å².